The maximum absolute atomic E-state index is 9.40. The van der Waals surface area contributed by atoms with Crippen LogP contribution in [0.3, 0.4) is 0 Å². The lowest BCUT2D eigenvalue weighted by Gasteiger charge is -2.17. The van der Waals surface area contributed by atoms with Gasteiger partial charge in [0.2, 0.25) is 0 Å². The number of nitrogens with two attached hydrogens (primary N) is 2. The SMILES string of the molecule is Cc1ccc(C(N)C(O)CN)cc1. The lowest BCUT2D eigenvalue weighted by Crippen LogP contribution is -2.32. The minimum Gasteiger partial charge on any atom is -0.390 e. The Bertz CT molecular complexity index is 258. The molecule has 0 amide bonds. The summed E-state index contributed by atoms with van der Waals surface area (Å²) in [6.07, 6.45) is -0.664. The number of hydrogen-bond donors (Lipinski definition) is 3. The molecular formula is C10H16N2O. The molecule has 0 bridgehead atoms. The average Bonchev–Trinajstić information content (AvgIpc) is 2.17. The molecule has 1 aromatic rings. The van der Waals surface area contributed by atoms with Gasteiger partial charge in [0.15, 0.2) is 0 Å². The van der Waals surface area contributed by atoms with Crippen LogP contribution in [0.2, 0.25) is 0 Å². The summed E-state index contributed by atoms with van der Waals surface area (Å²) in [4.78, 5) is 0. The van der Waals surface area contributed by atoms with Crippen LogP contribution in [0, 0.1) is 6.92 Å². The van der Waals surface area contributed by atoms with Gasteiger partial charge in [0.25, 0.3) is 0 Å². The molecular weight excluding hydrogens is 164 g/mol. The summed E-state index contributed by atoms with van der Waals surface area (Å²) < 4.78 is 0. The topological polar surface area (TPSA) is 72.3 Å². The van der Waals surface area contributed by atoms with Gasteiger partial charge in [-0.05, 0) is 12.5 Å². The smallest absolute Gasteiger partial charge is 0.0854 e. The highest BCUT2D eigenvalue weighted by Crippen LogP contribution is 2.14. The lowest BCUT2D eigenvalue weighted by molar-refractivity contribution is 0.153. The second kappa shape index (κ2) is 4.37. The average molecular weight is 180 g/mol. The first-order chi connectivity index (χ1) is 6.15. The number of rotatable bonds is 3. The summed E-state index contributed by atoms with van der Waals surface area (Å²) in [6, 6.07) is 7.39. The van der Waals surface area contributed by atoms with Gasteiger partial charge >= 0.3 is 0 Å². The van der Waals surface area contributed by atoms with E-state index in [2.05, 4.69) is 0 Å². The minimum absolute atomic E-state index is 0.190. The van der Waals surface area contributed by atoms with Crippen molar-refractivity contribution in [1.29, 1.82) is 0 Å². The molecule has 5 N–H and O–H groups in total. The summed E-state index contributed by atoms with van der Waals surface area (Å²) >= 11 is 0. The van der Waals surface area contributed by atoms with Crippen LogP contribution in [0.1, 0.15) is 17.2 Å². The maximum atomic E-state index is 9.40. The molecule has 0 aliphatic rings. The monoisotopic (exact) mass is 180 g/mol. The zero-order chi connectivity index (χ0) is 9.84. The number of hydrogen-bond acceptors (Lipinski definition) is 3. The van der Waals surface area contributed by atoms with Crippen LogP contribution < -0.4 is 11.5 Å². The van der Waals surface area contributed by atoms with E-state index < -0.39 is 6.10 Å². The van der Waals surface area contributed by atoms with Crippen LogP contribution in [0.4, 0.5) is 0 Å². The van der Waals surface area contributed by atoms with Crippen molar-refractivity contribution in [2.45, 2.75) is 19.1 Å². The molecule has 2 unspecified atom stereocenters. The molecule has 0 saturated heterocycles. The predicted octanol–water partition coefficient (Wildman–Crippen LogP) is 0.314. The number of aliphatic hydroxyl groups excluding tert-OH is 1. The highest BCUT2D eigenvalue weighted by molar-refractivity contribution is 5.24. The molecule has 0 spiro atoms. The molecule has 0 aliphatic heterocycles. The molecule has 0 fully saturated rings. The van der Waals surface area contributed by atoms with E-state index >= 15 is 0 Å². The molecule has 0 aromatic heterocycles. The van der Waals surface area contributed by atoms with Crippen molar-refractivity contribution in [3.63, 3.8) is 0 Å². The van der Waals surface area contributed by atoms with Gasteiger partial charge in [0.05, 0.1) is 12.1 Å². The molecule has 0 saturated carbocycles. The van der Waals surface area contributed by atoms with E-state index in [1.165, 1.54) is 5.56 Å². The van der Waals surface area contributed by atoms with Crippen molar-refractivity contribution >= 4 is 0 Å². The molecule has 0 radical (unpaired) electrons. The lowest BCUT2D eigenvalue weighted by atomic mass is 10.0. The molecule has 72 valence electrons. The van der Waals surface area contributed by atoms with E-state index in [-0.39, 0.29) is 12.6 Å². The molecule has 0 heterocycles. The summed E-state index contributed by atoms with van der Waals surface area (Å²) in [5.74, 6) is 0. The van der Waals surface area contributed by atoms with E-state index in [4.69, 9.17) is 11.5 Å². The summed E-state index contributed by atoms with van der Waals surface area (Å²) in [5.41, 5.74) is 13.2. The van der Waals surface area contributed by atoms with Gasteiger partial charge in [0, 0.05) is 6.54 Å². The van der Waals surface area contributed by atoms with Gasteiger partial charge in [0.1, 0.15) is 0 Å². The van der Waals surface area contributed by atoms with E-state index in [1.807, 2.05) is 31.2 Å². The van der Waals surface area contributed by atoms with Crippen molar-refractivity contribution in [2.24, 2.45) is 11.5 Å². The number of benzene rings is 1. The van der Waals surface area contributed by atoms with Gasteiger partial charge in [-0.2, -0.15) is 0 Å². The van der Waals surface area contributed by atoms with E-state index in [0.717, 1.165) is 5.56 Å². The quantitative estimate of drug-likeness (QED) is 0.627. The van der Waals surface area contributed by atoms with Gasteiger partial charge in [-0.25, -0.2) is 0 Å². The first-order valence-corrected chi connectivity index (χ1v) is 4.35. The Kier molecular flexibility index (Phi) is 3.42. The second-order valence-corrected chi connectivity index (χ2v) is 3.24. The summed E-state index contributed by atoms with van der Waals surface area (Å²) in [6.45, 7) is 2.20. The molecule has 2 atom stereocenters. The molecule has 0 aliphatic carbocycles. The Balaban J connectivity index is 2.77. The van der Waals surface area contributed by atoms with Gasteiger partial charge < -0.3 is 16.6 Å². The van der Waals surface area contributed by atoms with Crippen LogP contribution >= 0.6 is 0 Å². The van der Waals surface area contributed by atoms with Crippen molar-refractivity contribution < 1.29 is 5.11 Å². The fraction of sp³-hybridized carbons (Fsp3) is 0.400. The van der Waals surface area contributed by atoms with Crippen LogP contribution in [-0.2, 0) is 0 Å². The zero-order valence-electron chi connectivity index (χ0n) is 7.77. The molecule has 3 nitrogen and oxygen atoms in total. The Morgan fingerprint density at radius 1 is 1.31 bits per heavy atom. The van der Waals surface area contributed by atoms with E-state index in [0.29, 0.717) is 0 Å². The Morgan fingerprint density at radius 3 is 2.31 bits per heavy atom. The van der Waals surface area contributed by atoms with Crippen molar-refractivity contribution in [2.75, 3.05) is 6.54 Å². The Labute approximate surface area is 78.4 Å². The standard InChI is InChI=1S/C10H16N2O/c1-7-2-4-8(5-3-7)10(12)9(13)6-11/h2-5,9-10,13H,6,11-12H2,1H3. The van der Waals surface area contributed by atoms with Crippen molar-refractivity contribution in [1.82, 2.24) is 0 Å². The first kappa shape index (κ1) is 10.2. The summed E-state index contributed by atoms with van der Waals surface area (Å²) in [7, 11) is 0. The molecule has 13 heavy (non-hydrogen) atoms. The van der Waals surface area contributed by atoms with Gasteiger partial charge in [-0.3, -0.25) is 0 Å². The van der Waals surface area contributed by atoms with Crippen molar-refractivity contribution in [3.05, 3.63) is 35.4 Å². The second-order valence-electron chi connectivity index (χ2n) is 3.24. The summed E-state index contributed by atoms with van der Waals surface area (Å²) in [5, 5.41) is 9.40. The third-order valence-corrected chi connectivity index (χ3v) is 2.12. The fourth-order valence-electron chi connectivity index (χ4n) is 1.16. The number of aliphatic hydroxyl groups is 1. The Hall–Kier alpha value is -0.900. The molecule has 1 rings (SSSR count). The zero-order valence-corrected chi connectivity index (χ0v) is 7.77. The third-order valence-electron chi connectivity index (χ3n) is 2.12. The highest BCUT2D eigenvalue weighted by Gasteiger charge is 2.14. The molecule has 1 aromatic carbocycles. The highest BCUT2D eigenvalue weighted by atomic mass is 16.3. The Morgan fingerprint density at radius 2 is 1.85 bits per heavy atom. The van der Waals surface area contributed by atoms with Crippen LogP contribution in [0.15, 0.2) is 24.3 Å². The predicted molar refractivity (Wildman–Crippen MR) is 53.2 cm³/mol. The minimum atomic E-state index is -0.664. The van der Waals surface area contributed by atoms with Crippen LogP contribution in [0.25, 0.3) is 0 Å². The maximum Gasteiger partial charge on any atom is 0.0854 e. The van der Waals surface area contributed by atoms with Crippen LogP contribution in [0.5, 0.6) is 0 Å². The van der Waals surface area contributed by atoms with E-state index in [1.54, 1.807) is 0 Å². The number of aryl methyl sites for hydroxylation is 1. The van der Waals surface area contributed by atoms with Crippen LogP contribution in [-0.4, -0.2) is 17.8 Å². The molecule has 3 heteroatoms. The van der Waals surface area contributed by atoms with Gasteiger partial charge in [-0.1, -0.05) is 29.8 Å². The largest absolute Gasteiger partial charge is 0.390 e. The third kappa shape index (κ3) is 2.52. The fourth-order valence-corrected chi connectivity index (χ4v) is 1.16. The van der Waals surface area contributed by atoms with Crippen molar-refractivity contribution in [3.8, 4) is 0 Å². The van der Waals surface area contributed by atoms with Gasteiger partial charge in [-0.15, -0.1) is 0 Å². The van der Waals surface area contributed by atoms with E-state index in [9.17, 15) is 5.11 Å². The normalized spacial score (nSPS) is 15.4. The first-order valence-electron chi connectivity index (χ1n) is 4.35.